The molecular weight excluding hydrogens is 448 g/mol. The van der Waals surface area contributed by atoms with E-state index in [1.165, 1.54) is 22.4 Å². The van der Waals surface area contributed by atoms with Crippen LogP contribution in [0.5, 0.6) is 0 Å². The number of aliphatic carboxylic acids is 1. The molecular formula is C26H28N4O5. The Morgan fingerprint density at radius 1 is 1.09 bits per heavy atom. The van der Waals surface area contributed by atoms with Crippen LogP contribution in [0.1, 0.15) is 41.4 Å². The van der Waals surface area contributed by atoms with Gasteiger partial charge in [0, 0.05) is 31.2 Å². The number of carboxylic acid groups (broad SMARTS) is 1. The lowest BCUT2D eigenvalue weighted by Gasteiger charge is -2.23. The third kappa shape index (κ3) is 5.34. The normalized spacial score (nSPS) is 12.2. The second-order valence-electron chi connectivity index (χ2n) is 8.67. The fraction of sp³-hybridized carbons (Fsp3) is 0.308. The molecule has 2 N–H and O–H groups in total. The molecule has 4 rings (SSSR count). The number of fused-ring (bicyclic) bond motifs is 3. The van der Waals surface area contributed by atoms with Gasteiger partial charge in [0.25, 0.3) is 5.91 Å². The predicted octanol–water partition coefficient (Wildman–Crippen LogP) is 3.36. The van der Waals surface area contributed by atoms with Gasteiger partial charge in [0.15, 0.2) is 0 Å². The van der Waals surface area contributed by atoms with Crippen LogP contribution in [0.25, 0.3) is 11.1 Å². The molecule has 0 aliphatic heterocycles. The fourth-order valence-corrected chi connectivity index (χ4v) is 4.31. The van der Waals surface area contributed by atoms with Crippen molar-refractivity contribution in [3.63, 3.8) is 0 Å². The van der Waals surface area contributed by atoms with Crippen molar-refractivity contribution in [3.8, 4) is 11.1 Å². The lowest BCUT2D eigenvalue weighted by Crippen LogP contribution is -2.40. The molecule has 0 fully saturated rings. The number of hydrogen-bond acceptors (Lipinski definition) is 5. The van der Waals surface area contributed by atoms with Gasteiger partial charge in [-0.05, 0) is 36.1 Å². The average molecular weight is 477 g/mol. The largest absolute Gasteiger partial charge is 0.480 e. The van der Waals surface area contributed by atoms with Gasteiger partial charge in [-0.2, -0.15) is 0 Å². The summed E-state index contributed by atoms with van der Waals surface area (Å²) in [6.07, 6.45) is 2.50. The smallest absolute Gasteiger partial charge is 0.407 e. The molecule has 2 amide bonds. The van der Waals surface area contributed by atoms with E-state index in [-0.39, 0.29) is 30.8 Å². The van der Waals surface area contributed by atoms with Gasteiger partial charge in [0.2, 0.25) is 0 Å². The van der Waals surface area contributed by atoms with Crippen molar-refractivity contribution in [3.05, 3.63) is 77.9 Å². The SMILES string of the molecule is CC(C)N(CC(=O)O)C(=O)c1cn(CCNC(=O)OCC2c3ccccc3-c3ccccc32)cn1. The van der Waals surface area contributed by atoms with Crippen LogP contribution in [0.15, 0.2) is 61.1 Å². The van der Waals surface area contributed by atoms with Gasteiger partial charge in [0.05, 0.1) is 6.33 Å². The van der Waals surface area contributed by atoms with Gasteiger partial charge in [-0.15, -0.1) is 0 Å². The molecule has 35 heavy (non-hydrogen) atoms. The van der Waals surface area contributed by atoms with Crippen LogP contribution in [0, 0.1) is 0 Å². The minimum atomic E-state index is -1.08. The zero-order chi connectivity index (χ0) is 24.9. The Morgan fingerprint density at radius 2 is 1.71 bits per heavy atom. The first-order chi connectivity index (χ1) is 16.8. The monoisotopic (exact) mass is 476 g/mol. The molecule has 2 aromatic carbocycles. The van der Waals surface area contributed by atoms with E-state index in [9.17, 15) is 14.4 Å². The Labute approximate surface area is 203 Å². The number of imidazole rings is 1. The van der Waals surface area contributed by atoms with E-state index in [1.807, 2.05) is 24.3 Å². The van der Waals surface area contributed by atoms with Crippen molar-refractivity contribution in [2.75, 3.05) is 19.7 Å². The van der Waals surface area contributed by atoms with E-state index in [1.54, 1.807) is 24.6 Å². The molecule has 3 aromatic rings. The highest BCUT2D eigenvalue weighted by Gasteiger charge is 2.29. The number of nitrogens with one attached hydrogen (secondary N) is 1. The number of ether oxygens (including phenoxy) is 1. The van der Waals surface area contributed by atoms with Crippen LogP contribution < -0.4 is 5.32 Å². The summed E-state index contributed by atoms with van der Waals surface area (Å²) in [5.74, 6) is -1.55. The molecule has 0 atom stereocenters. The number of alkyl carbamates (subject to hydrolysis) is 1. The van der Waals surface area contributed by atoms with E-state index < -0.39 is 24.5 Å². The van der Waals surface area contributed by atoms with E-state index in [4.69, 9.17) is 9.84 Å². The van der Waals surface area contributed by atoms with E-state index in [2.05, 4.69) is 34.6 Å². The summed E-state index contributed by atoms with van der Waals surface area (Å²) >= 11 is 0. The first-order valence-electron chi connectivity index (χ1n) is 11.5. The van der Waals surface area contributed by atoms with Crippen LogP contribution in [0.4, 0.5) is 4.79 Å². The average Bonchev–Trinajstić information content (AvgIpc) is 3.43. The Balaban J connectivity index is 1.28. The summed E-state index contributed by atoms with van der Waals surface area (Å²) in [6, 6.07) is 16.0. The third-order valence-corrected chi connectivity index (χ3v) is 6.03. The summed E-state index contributed by atoms with van der Waals surface area (Å²) in [5, 5.41) is 11.8. The number of aromatic nitrogens is 2. The fourth-order valence-electron chi connectivity index (χ4n) is 4.31. The molecule has 0 bridgehead atoms. The van der Waals surface area contributed by atoms with Gasteiger partial charge in [-0.3, -0.25) is 9.59 Å². The quantitative estimate of drug-likeness (QED) is 0.490. The Kier molecular flexibility index (Phi) is 7.14. The highest BCUT2D eigenvalue weighted by atomic mass is 16.5. The summed E-state index contributed by atoms with van der Waals surface area (Å²) < 4.78 is 7.19. The molecule has 1 heterocycles. The maximum atomic E-state index is 12.6. The Bertz CT molecular complexity index is 1190. The van der Waals surface area contributed by atoms with Gasteiger partial charge in [-0.1, -0.05) is 48.5 Å². The van der Waals surface area contributed by atoms with Crippen LogP contribution >= 0.6 is 0 Å². The molecule has 9 nitrogen and oxygen atoms in total. The lowest BCUT2D eigenvalue weighted by atomic mass is 9.98. The lowest BCUT2D eigenvalue weighted by molar-refractivity contribution is -0.138. The van der Waals surface area contributed by atoms with Crippen molar-refractivity contribution in [2.45, 2.75) is 32.4 Å². The first-order valence-corrected chi connectivity index (χ1v) is 11.5. The highest BCUT2D eigenvalue weighted by molar-refractivity contribution is 5.94. The van der Waals surface area contributed by atoms with Crippen molar-refractivity contribution in [1.82, 2.24) is 19.8 Å². The molecule has 0 unspecified atom stereocenters. The summed E-state index contributed by atoms with van der Waals surface area (Å²) in [4.78, 5) is 41.3. The molecule has 182 valence electrons. The zero-order valence-corrected chi connectivity index (χ0v) is 19.7. The number of benzene rings is 2. The van der Waals surface area contributed by atoms with Gasteiger partial charge >= 0.3 is 12.1 Å². The van der Waals surface area contributed by atoms with Crippen molar-refractivity contribution in [2.24, 2.45) is 0 Å². The van der Waals surface area contributed by atoms with Crippen LogP contribution in [-0.4, -0.2) is 63.3 Å². The van der Waals surface area contributed by atoms with Crippen molar-refractivity contribution in [1.29, 1.82) is 0 Å². The van der Waals surface area contributed by atoms with Gasteiger partial charge < -0.3 is 24.6 Å². The molecule has 1 aliphatic carbocycles. The van der Waals surface area contributed by atoms with E-state index >= 15 is 0 Å². The standard InChI is InChI=1S/C26H28N4O5/c1-17(2)30(14-24(31)32)25(33)23-13-29(16-28-23)12-11-27-26(34)35-15-22-20-9-5-3-7-18(20)19-8-4-6-10-21(19)22/h3-10,13,16-17,22H,11-12,14-15H2,1-2H3,(H,27,34)(H,31,32). The first kappa shape index (κ1) is 24.0. The molecule has 1 aromatic heterocycles. The van der Waals surface area contributed by atoms with Crippen LogP contribution in [0.2, 0.25) is 0 Å². The second kappa shape index (κ2) is 10.4. The van der Waals surface area contributed by atoms with Crippen LogP contribution in [-0.2, 0) is 16.1 Å². The number of rotatable bonds is 9. The molecule has 0 spiro atoms. The number of amides is 2. The predicted molar refractivity (Wildman–Crippen MR) is 129 cm³/mol. The number of carbonyl (C=O) groups is 3. The van der Waals surface area contributed by atoms with E-state index in [0.717, 1.165) is 11.1 Å². The Hall–Kier alpha value is -4.14. The number of carbonyl (C=O) groups excluding carboxylic acids is 2. The van der Waals surface area contributed by atoms with Crippen molar-refractivity contribution >= 4 is 18.0 Å². The maximum Gasteiger partial charge on any atom is 0.407 e. The zero-order valence-electron chi connectivity index (χ0n) is 19.7. The topological polar surface area (TPSA) is 114 Å². The molecule has 0 saturated heterocycles. The van der Waals surface area contributed by atoms with E-state index in [0.29, 0.717) is 6.54 Å². The summed E-state index contributed by atoms with van der Waals surface area (Å²) in [7, 11) is 0. The van der Waals surface area contributed by atoms with Gasteiger partial charge in [-0.25, -0.2) is 9.78 Å². The molecule has 1 aliphatic rings. The summed E-state index contributed by atoms with van der Waals surface area (Å²) in [6.45, 7) is 3.99. The highest BCUT2D eigenvalue weighted by Crippen LogP contribution is 2.44. The second-order valence-corrected chi connectivity index (χ2v) is 8.67. The van der Waals surface area contributed by atoms with Crippen LogP contribution in [0.3, 0.4) is 0 Å². The number of carboxylic acids is 1. The maximum absolute atomic E-state index is 12.6. The minimum absolute atomic E-state index is 0.00919. The number of nitrogens with zero attached hydrogens (tertiary/aromatic N) is 3. The molecule has 9 heteroatoms. The summed E-state index contributed by atoms with van der Waals surface area (Å²) in [5.41, 5.74) is 4.79. The number of hydrogen-bond donors (Lipinski definition) is 2. The Morgan fingerprint density at radius 3 is 2.31 bits per heavy atom. The molecule has 0 saturated carbocycles. The molecule has 0 radical (unpaired) electrons. The van der Waals surface area contributed by atoms with Crippen molar-refractivity contribution < 1.29 is 24.2 Å². The third-order valence-electron chi connectivity index (χ3n) is 6.03. The van der Waals surface area contributed by atoms with Gasteiger partial charge in [0.1, 0.15) is 18.8 Å². The minimum Gasteiger partial charge on any atom is -0.480 e.